The van der Waals surface area contributed by atoms with E-state index in [-0.39, 0.29) is 5.25 Å². The summed E-state index contributed by atoms with van der Waals surface area (Å²) in [6, 6.07) is 29.3. The van der Waals surface area contributed by atoms with Crippen molar-refractivity contribution in [3.05, 3.63) is 151 Å². The second kappa shape index (κ2) is 10.7. The molecule has 1 nitrogen and oxygen atoms in total. The number of benzene rings is 4. The fraction of sp³-hybridized carbons (Fsp3) is 0.105. The Morgan fingerprint density at radius 2 is 1.52 bits per heavy atom. The van der Waals surface area contributed by atoms with Crippen molar-refractivity contribution in [2.45, 2.75) is 24.5 Å². The van der Waals surface area contributed by atoms with E-state index in [9.17, 15) is 0 Å². The highest BCUT2D eigenvalue weighted by atomic mass is 32.1. The van der Waals surface area contributed by atoms with Crippen LogP contribution in [-0.4, -0.2) is 9.82 Å². The lowest BCUT2D eigenvalue weighted by Gasteiger charge is -2.12. The van der Waals surface area contributed by atoms with Crippen LogP contribution in [0.5, 0.6) is 0 Å². The van der Waals surface area contributed by atoms with Crippen LogP contribution in [0.15, 0.2) is 140 Å². The van der Waals surface area contributed by atoms with Crippen LogP contribution in [0.25, 0.3) is 49.4 Å². The number of allylic oxidation sites excluding steroid dienone is 10. The average Bonchev–Trinajstić information content (AvgIpc) is 3.35. The second-order valence-corrected chi connectivity index (χ2v) is 11.1. The lowest BCUT2D eigenvalue weighted by molar-refractivity contribution is 1.04. The van der Waals surface area contributed by atoms with Gasteiger partial charge in [-0.25, -0.2) is 0 Å². The molecule has 1 heterocycles. The molecule has 194 valence electrons. The number of thiol groups is 1. The van der Waals surface area contributed by atoms with Gasteiger partial charge in [-0.05, 0) is 82.6 Å². The first-order chi connectivity index (χ1) is 19.8. The van der Waals surface area contributed by atoms with E-state index in [1.165, 1.54) is 60.5 Å². The molecule has 1 aromatic heterocycles. The Hall–Kier alpha value is -4.27. The fourth-order valence-electron chi connectivity index (χ4n) is 5.98. The average molecular weight is 534 g/mol. The third kappa shape index (κ3) is 4.59. The van der Waals surface area contributed by atoms with Gasteiger partial charge in [-0.3, -0.25) is 0 Å². The monoisotopic (exact) mass is 533 g/mol. The summed E-state index contributed by atoms with van der Waals surface area (Å²) in [4.78, 5) is 0. The van der Waals surface area contributed by atoms with E-state index in [1.54, 1.807) is 0 Å². The number of hydrogen-bond donors (Lipinski definition) is 1. The van der Waals surface area contributed by atoms with Crippen LogP contribution >= 0.6 is 12.6 Å². The Balaban J connectivity index is 1.40. The summed E-state index contributed by atoms with van der Waals surface area (Å²) in [7, 11) is 0. The van der Waals surface area contributed by atoms with E-state index in [1.807, 2.05) is 0 Å². The lowest BCUT2D eigenvalue weighted by atomic mass is 9.96. The van der Waals surface area contributed by atoms with Crippen LogP contribution in [0.2, 0.25) is 0 Å². The predicted octanol–water partition coefficient (Wildman–Crippen LogP) is 10.4. The van der Waals surface area contributed by atoms with Gasteiger partial charge in [0.15, 0.2) is 0 Å². The largest absolute Gasteiger partial charge is 0.309 e. The quantitative estimate of drug-likeness (QED) is 0.220. The van der Waals surface area contributed by atoms with E-state index in [0.29, 0.717) is 0 Å². The predicted molar refractivity (Wildman–Crippen MR) is 177 cm³/mol. The SMILES string of the molecule is SC1C=C/C=C(/c2ccc3ccc4c(c3c2)c2ccccc2n4-c2ccc(C3=CCCC=C3)cc2)C/C=C\C=C/1. The van der Waals surface area contributed by atoms with E-state index in [2.05, 4.69) is 157 Å². The molecule has 0 N–H and O–H groups in total. The van der Waals surface area contributed by atoms with Gasteiger partial charge in [0.25, 0.3) is 0 Å². The van der Waals surface area contributed by atoms with E-state index in [4.69, 9.17) is 0 Å². The standard InChI is InChI=1S/C38H31NS/c40-33-14-6-2-5-12-28(13-9-15-33)31-19-18-30-22-25-37-38(35(30)26-31)34-16-7-8-17-36(34)39(37)32-23-20-29(21-24-32)27-10-3-1-4-11-27/h2-3,5-11,13-26,33,40H,1,4,12H2/b5-2-,14-6-,15-9?,28-13+. The molecular weight excluding hydrogens is 502 g/mol. The molecule has 7 rings (SSSR count). The maximum atomic E-state index is 4.62. The molecule has 40 heavy (non-hydrogen) atoms. The topological polar surface area (TPSA) is 4.93 Å². The van der Waals surface area contributed by atoms with E-state index in [0.717, 1.165) is 19.3 Å². The summed E-state index contributed by atoms with van der Waals surface area (Å²) >= 11 is 4.62. The van der Waals surface area contributed by atoms with Gasteiger partial charge in [0.1, 0.15) is 0 Å². The Labute approximate surface area is 241 Å². The van der Waals surface area contributed by atoms with Gasteiger partial charge in [0.05, 0.1) is 11.0 Å². The highest BCUT2D eigenvalue weighted by Crippen LogP contribution is 2.38. The number of para-hydroxylation sites is 1. The highest BCUT2D eigenvalue weighted by Gasteiger charge is 2.15. The molecule has 0 amide bonds. The van der Waals surface area contributed by atoms with Crippen LogP contribution in [-0.2, 0) is 0 Å². The lowest BCUT2D eigenvalue weighted by Crippen LogP contribution is -1.94. The number of rotatable bonds is 3. The van der Waals surface area contributed by atoms with Crippen molar-refractivity contribution >= 4 is 56.4 Å². The Morgan fingerprint density at radius 3 is 2.40 bits per heavy atom. The van der Waals surface area contributed by atoms with Crippen molar-refractivity contribution in [2.75, 3.05) is 0 Å². The van der Waals surface area contributed by atoms with Crippen LogP contribution in [0.4, 0.5) is 0 Å². The van der Waals surface area contributed by atoms with Gasteiger partial charge in [0, 0.05) is 21.7 Å². The molecule has 0 saturated heterocycles. The number of fused-ring (bicyclic) bond motifs is 5. The molecule has 1 atom stereocenters. The zero-order chi connectivity index (χ0) is 26.9. The van der Waals surface area contributed by atoms with Gasteiger partial charge in [0.2, 0.25) is 0 Å². The maximum Gasteiger partial charge on any atom is 0.0547 e. The van der Waals surface area contributed by atoms with Gasteiger partial charge in [-0.2, -0.15) is 12.6 Å². The molecule has 0 spiro atoms. The van der Waals surface area contributed by atoms with E-state index >= 15 is 0 Å². The normalized spacial score (nSPS) is 20.4. The van der Waals surface area contributed by atoms with Gasteiger partial charge in [-0.15, -0.1) is 0 Å². The zero-order valence-corrected chi connectivity index (χ0v) is 23.3. The van der Waals surface area contributed by atoms with Crippen LogP contribution in [0.1, 0.15) is 30.4 Å². The summed E-state index contributed by atoms with van der Waals surface area (Å²) in [6.45, 7) is 0. The molecule has 2 aliphatic carbocycles. The fourth-order valence-corrected chi connectivity index (χ4v) is 6.18. The number of aromatic nitrogens is 1. The van der Waals surface area contributed by atoms with Crippen molar-refractivity contribution in [1.82, 2.24) is 4.57 Å². The van der Waals surface area contributed by atoms with Crippen molar-refractivity contribution in [3.63, 3.8) is 0 Å². The smallest absolute Gasteiger partial charge is 0.0547 e. The van der Waals surface area contributed by atoms with E-state index < -0.39 is 0 Å². The number of hydrogen-bond acceptors (Lipinski definition) is 1. The summed E-state index contributed by atoms with van der Waals surface area (Å²) in [5.74, 6) is 0. The summed E-state index contributed by atoms with van der Waals surface area (Å²) in [5.41, 5.74) is 8.80. The van der Waals surface area contributed by atoms with Crippen molar-refractivity contribution in [1.29, 1.82) is 0 Å². The first kappa shape index (κ1) is 24.7. The number of nitrogens with zero attached hydrogens (tertiary/aromatic N) is 1. The zero-order valence-electron chi connectivity index (χ0n) is 22.4. The molecule has 2 aliphatic rings. The molecule has 0 bridgehead atoms. The minimum absolute atomic E-state index is 0.118. The Morgan fingerprint density at radius 1 is 0.700 bits per heavy atom. The molecule has 0 aliphatic heterocycles. The molecule has 0 saturated carbocycles. The van der Waals surface area contributed by atoms with Crippen LogP contribution < -0.4 is 0 Å². The summed E-state index contributed by atoms with van der Waals surface area (Å²) in [5, 5.41) is 5.26. The Bertz CT molecular complexity index is 1920. The molecule has 1 unspecified atom stereocenters. The van der Waals surface area contributed by atoms with Crippen molar-refractivity contribution in [3.8, 4) is 5.69 Å². The van der Waals surface area contributed by atoms with Crippen molar-refractivity contribution < 1.29 is 0 Å². The molecule has 2 heteroatoms. The van der Waals surface area contributed by atoms with Gasteiger partial charge < -0.3 is 4.57 Å². The molecule has 0 fully saturated rings. The minimum Gasteiger partial charge on any atom is -0.309 e. The maximum absolute atomic E-state index is 4.62. The minimum atomic E-state index is 0.118. The first-order valence-corrected chi connectivity index (χ1v) is 14.6. The molecule has 4 aromatic carbocycles. The van der Waals surface area contributed by atoms with Gasteiger partial charge >= 0.3 is 0 Å². The van der Waals surface area contributed by atoms with Crippen molar-refractivity contribution in [2.24, 2.45) is 0 Å². The highest BCUT2D eigenvalue weighted by molar-refractivity contribution is 7.81. The molecular formula is C38H31NS. The van der Waals surface area contributed by atoms with Gasteiger partial charge in [-0.1, -0.05) is 109 Å². The first-order valence-electron chi connectivity index (χ1n) is 14.1. The Kier molecular flexibility index (Phi) is 6.63. The second-order valence-electron chi connectivity index (χ2n) is 10.5. The molecule has 0 radical (unpaired) electrons. The third-order valence-electron chi connectivity index (χ3n) is 7.98. The third-order valence-corrected chi connectivity index (χ3v) is 8.32. The summed E-state index contributed by atoms with van der Waals surface area (Å²) in [6.07, 6.45) is 25.0. The summed E-state index contributed by atoms with van der Waals surface area (Å²) < 4.78 is 2.42. The molecule has 5 aromatic rings. The van der Waals surface area contributed by atoms with Crippen LogP contribution in [0.3, 0.4) is 0 Å². The van der Waals surface area contributed by atoms with Crippen LogP contribution in [0, 0.1) is 0 Å².